The lowest BCUT2D eigenvalue weighted by Crippen LogP contribution is -2.27. The molecule has 3 rings (SSSR count). The van der Waals surface area contributed by atoms with E-state index >= 15 is 0 Å². The Bertz CT molecular complexity index is 1010. The van der Waals surface area contributed by atoms with Gasteiger partial charge in [0.05, 0.1) is 11.1 Å². The molecule has 0 fully saturated rings. The minimum absolute atomic E-state index is 0.0687. The fourth-order valence-electron chi connectivity index (χ4n) is 2.44. The van der Waals surface area contributed by atoms with Crippen molar-refractivity contribution in [1.82, 2.24) is 19.9 Å². The number of pyridine rings is 1. The number of nitrogens with one attached hydrogen (secondary N) is 1. The van der Waals surface area contributed by atoms with E-state index in [4.69, 9.17) is 0 Å². The number of carbonyl (C=O) groups excluding carboxylic acids is 1. The van der Waals surface area contributed by atoms with Crippen LogP contribution in [0.5, 0.6) is 0 Å². The molecule has 3 aromatic rings. The normalized spacial score (nSPS) is 10.8. The molecule has 0 saturated heterocycles. The minimum Gasteiger partial charge on any atom is -0.351 e. The van der Waals surface area contributed by atoms with Crippen molar-refractivity contribution < 1.29 is 9.18 Å². The minimum atomic E-state index is -0.359. The van der Waals surface area contributed by atoms with E-state index in [1.165, 1.54) is 10.6 Å². The maximum absolute atomic E-state index is 13.6. The smallest absolute Gasteiger partial charge is 0.263 e. The van der Waals surface area contributed by atoms with Crippen LogP contribution in [0.2, 0.25) is 0 Å². The zero-order valence-electron chi connectivity index (χ0n) is 14.1. The fraction of sp³-hybridized carbons (Fsp3) is 0.222. The fourth-order valence-corrected chi connectivity index (χ4v) is 3.32. The molecule has 0 aliphatic carbocycles. The Labute approximate surface area is 153 Å². The molecule has 0 atom stereocenters. The van der Waals surface area contributed by atoms with Gasteiger partial charge < -0.3 is 5.32 Å². The van der Waals surface area contributed by atoms with E-state index in [-0.39, 0.29) is 29.6 Å². The van der Waals surface area contributed by atoms with Crippen molar-refractivity contribution in [1.29, 1.82) is 0 Å². The van der Waals surface area contributed by atoms with Gasteiger partial charge in [0.15, 0.2) is 10.8 Å². The quantitative estimate of drug-likeness (QED) is 0.531. The van der Waals surface area contributed by atoms with E-state index in [1.807, 2.05) is 6.92 Å². The first-order valence-electron chi connectivity index (χ1n) is 8.08. The number of halogens is 1. The number of thioether (sulfide) groups is 1. The largest absolute Gasteiger partial charge is 0.351 e. The monoisotopic (exact) mass is 372 g/mol. The van der Waals surface area contributed by atoms with E-state index in [9.17, 15) is 14.0 Å². The summed E-state index contributed by atoms with van der Waals surface area (Å²) < 4.78 is 15.1. The van der Waals surface area contributed by atoms with Crippen molar-refractivity contribution in [3.8, 4) is 0 Å². The van der Waals surface area contributed by atoms with Crippen LogP contribution in [-0.2, 0) is 17.9 Å². The van der Waals surface area contributed by atoms with Crippen LogP contribution in [0.15, 0.2) is 52.5 Å². The molecule has 0 aliphatic rings. The van der Waals surface area contributed by atoms with Crippen LogP contribution >= 0.6 is 11.8 Å². The maximum Gasteiger partial charge on any atom is 0.263 e. The zero-order chi connectivity index (χ0) is 18.5. The van der Waals surface area contributed by atoms with Gasteiger partial charge in [-0.3, -0.25) is 14.2 Å². The van der Waals surface area contributed by atoms with Gasteiger partial charge in [-0.2, -0.15) is 0 Å². The molecule has 26 heavy (non-hydrogen) atoms. The highest BCUT2D eigenvalue weighted by Crippen LogP contribution is 2.16. The topological polar surface area (TPSA) is 76.9 Å². The van der Waals surface area contributed by atoms with E-state index in [0.717, 1.165) is 11.8 Å². The summed E-state index contributed by atoms with van der Waals surface area (Å²) in [6.45, 7) is 2.39. The number of benzene rings is 1. The summed E-state index contributed by atoms with van der Waals surface area (Å²) in [5.41, 5.74) is 0.598. The van der Waals surface area contributed by atoms with Crippen LogP contribution < -0.4 is 10.9 Å². The van der Waals surface area contributed by atoms with Crippen LogP contribution in [-0.4, -0.2) is 26.2 Å². The van der Waals surface area contributed by atoms with Crippen LogP contribution in [0.1, 0.15) is 12.5 Å². The number of carbonyl (C=O) groups is 1. The highest BCUT2D eigenvalue weighted by atomic mass is 32.2. The van der Waals surface area contributed by atoms with Gasteiger partial charge in [0, 0.05) is 24.8 Å². The summed E-state index contributed by atoms with van der Waals surface area (Å²) in [7, 11) is 0. The molecule has 0 spiro atoms. The van der Waals surface area contributed by atoms with E-state index < -0.39 is 0 Å². The predicted molar refractivity (Wildman–Crippen MR) is 98.4 cm³/mol. The first kappa shape index (κ1) is 18.1. The number of hydrogen-bond donors (Lipinski definition) is 1. The number of rotatable bonds is 6. The second-order valence-electron chi connectivity index (χ2n) is 5.48. The SMILES string of the molecule is CCn1c(SCC(=O)NCc2ccccc2F)nc2ncccc2c1=O. The summed E-state index contributed by atoms with van der Waals surface area (Å²) in [5, 5.41) is 3.55. The second-order valence-corrected chi connectivity index (χ2v) is 6.42. The molecule has 6 nitrogen and oxygen atoms in total. The van der Waals surface area contributed by atoms with Crippen molar-refractivity contribution in [3.05, 3.63) is 64.3 Å². The molecule has 0 radical (unpaired) electrons. The molecule has 1 N–H and O–H groups in total. The average Bonchev–Trinajstić information content (AvgIpc) is 2.66. The molecule has 2 heterocycles. The number of fused-ring (bicyclic) bond motifs is 1. The van der Waals surface area contributed by atoms with Crippen molar-refractivity contribution in [2.24, 2.45) is 0 Å². The molecule has 0 aliphatic heterocycles. The summed E-state index contributed by atoms with van der Waals surface area (Å²) in [6.07, 6.45) is 1.57. The lowest BCUT2D eigenvalue weighted by Gasteiger charge is -2.11. The van der Waals surface area contributed by atoms with Crippen molar-refractivity contribution in [2.75, 3.05) is 5.75 Å². The Hall–Kier alpha value is -2.74. The number of amides is 1. The maximum atomic E-state index is 13.6. The van der Waals surface area contributed by atoms with Crippen molar-refractivity contribution in [3.63, 3.8) is 0 Å². The van der Waals surface area contributed by atoms with E-state index in [2.05, 4.69) is 15.3 Å². The summed E-state index contributed by atoms with van der Waals surface area (Å²) in [4.78, 5) is 33.1. The second kappa shape index (κ2) is 8.09. The number of nitrogens with zero attached hydrogens (tertiary/aromatic N) is 3. The highest BCUT2D eigenvalue weighted by molar-refractivity contribution is 7.99. The third-order valence-electron chi connectivity index (χ3n) is 3.78. The van der Waals surface area contributed by atoms with Gasteiger partial charge in [0.2, 0.25) is 5.91 Å². The average molecular weight is 372 g/mol. The molecule has 8 heteroatoms. The zero-order valence-corrected chi connectivity index (χ0v) is 14.9. The molecular weight excluding hydrogens is 355 g/mol. The lowest BCUT2D eigenvalue weighted by molar-refractivity contribution is -0.118. The third-order valence-corrected chi connectivity index (χ3v) is 4.75. The lowest BCUT2D eigenvalue weighted by atomic mass is 10.2. The number of aromatic nitrogens is 3. The Balaban J connectivity index is 1.70. The molecule has 0 saturated carbocycles. The van der Waals surface area contributed by atoms with Gasteiger partial charge in [0.25, 0.3) is 5.56 Å². The van der Waals surface area contributed by atoms with Crippen LogP contribution in [0, 0.1) is 5.82 Å². The Morgan fingerprint density at radius 2 is 2.08 bits per heavy atom. The van der Waals surface area contributed by atoms with Gasteiger partial charge in [-0.25, -0.2) is 14.4 Å². The van der Waals surface area contributed by atoms with Gasteiger partial charge >= 0.3 is 0 Å². The van der Waals surface area contributed by atoms with Crippen LogP contribution in [0.3, 0.4) is 0 Å². The predicted octanol–water partition coefficient (Wildman–Crippen LogP) is 2.36. The van der Waals surface area contributed by atoms with Crippen molar-refractivity contribution >= 4 is 28.7 Å². The summed E-state index contributed by atoms with van der Waals surface area (Å²) >= 11 is 1.15. The summed E-state index contributed by atoms with van der Waals surface area (Å²) in [5.74, 6) is -0.557. The molecule has 1 aromatic carbocycles. The highest BCUT2D eigenvalue weighted by Gasteiger charge is 2.13. The van der Waals surface area contributed by atoms with Gasteiger partial charge in [-0.1, -0.05) is 30.0 Å². The van der Waals surface area contributed by atoms with Crippen LogP contribution in [0.4, 0.5) is 4.39 Å². The molecule has 134 valence electrons. The van der Waals surface area contributed by atoms with Gasteiger partial charge in [-0.15, -0.1) is 0 Å². The van der Waals surface area contributed by atoms with Gasteiger partial charge in [-0.05, 0) is 25.1 Å². The third kappa shape index (κ3) is 3.91. The summed E-state index contributed by atoms with van der Waals surface area (Å²) in [6, 6.07) is 9.65. The first-order chi connectivity index (χ1) is 12.6. The van der Waals surface area contributed by atoms with Crippen molar-refractivity contribution in [2.45, 2.75) is 25.2 Å². The number of hydrogen-bond acceptors (Lipinski definition) is 5. The Kier molecular flexibility index (Phi) is 5.62. The Morgan fingerprint density at radius 1 is 1.27 bits per heavy atom. The molecule has 2 aromatic heterocycles. The first-order valence-corrected chi connectivity index (χ1v) is 9.07. The van der Waals surface area contributed by atoms with Gasteiger partial charge in [0.1, 0.15) is 5.82 Å². The van der Waals surface area contributed by atoms with E-state index in [0.29, 0.717) is 28.3 Å². The molecular formula is C18H17FN4O2S. The molecule has 0 unspecified atom stereocenters. The molecule has 0 bridgehead atoms. The Morgan fingerprint density at radius 3 is 2.85 bits per heavy atom. The van der Waals surface area contributed by atoms with E-state index in [1.54, 1.807) is 36.5 Å². The standard InChI is InChI=1S/C18H17FN4O2S/c1-2-23-17(25)13-7-5-9-20-16(13)22-18(23)26-11-15(24)21-10-12-6-3-4-8-14(12)19/h3-9H,2,10-11H2,1H3,(H,21,24). The molecule has 1 amide bonds. The van der Waals surface area contributed by atoms with Crippen LogP contribution in [0.25, 0.3) is 11.0 Å².